The van der Waals surface area contributed by atoms with Gasteiger partial charge in [0.1, 0.15) is 24.9 Å². The van der Waals surface area contributed by atoms with Crippen LogP contribution < -0.4 is 0 Å². The quantitative estimate of drug-likeness (QED) is 0.0338. The minimum atomic E-state index is -1.86. The third-order valence-corrected chi connectivity index (χ3v) is 14.7. The predicted octanol–water partition coefficient (Wildman–Crippen LogP) is 15.7. The number of unbranched alkanes of at least 4 members (excludes halogenated alkanes) is 43. The second-order valence-corrected chi connectivity index (χ2v) is 21.6. The maximum absolute atomic E-state index is 12.9. The Bertz CT molecular complexity index is 1180. The summed E-state index contributed by atoms with van der Waals surface area (Å²) >= 11 is 0. The van der Waals surface area contributed by atoms with Crippen molar-refractivity contribution in [2.45, 2.75) is 352 Å². The van der Waals surface area contributed by atoms with Gasteiger partial charge in [-0.05, 0) is 12.8 Å². The zero-order chi connectivity index (χ0) is 51.7. The molecule has 420 valence electrons. The molecule has 6 unspecified atom stereocenters. The van der Waals surface area contributed by atoms with Crippen molar-refractivity contribution in [3.8, 4) is 0 Å². The highest BCUT2D eigenvalue weighted by Crippen LogP contribution is 2.24. The summed E-state index contributed by atoms with van der Waals surface area (Å²) < 4.78 is 21.9. The summed E-state index contributed by atoms with van der Waals surface area (Å²) in [5.41, 5.74) is 0. The van der Waals surface area contributed by atoms with E-state index in [1.165, 1.54) is 238 Å². The second kappa shape index (κ2) is 50.4. The van der Waals surface area contributed by atoms with Gasteiger partial charge >= 0.3 is 17.9 Å². The normalized spacial score (nSPS) is 18.5. The first-order valence-corrected chi connectivity index (χ1v) is 30.6. The first-order chi connectivity index (χ1) is 34.7. The average molecular weight is 1010 g/mol. The SMILES string of the molecule is CCCCCCCCCCCCCCCCCCCCCCCCCC(=O)OCC(COC1OC(C(=O)O)C(O)C(O)C1O)OC(=O)CCCCCCCCCCCCCCCCCCCCCCCC. The number of hydrogen-bond acceptors (Lipinski definition) is 10. The molecular weight excluding hydrogens is 897 g/mol. The standard InChI is InChI=1S/C60H114O11/c1-3-5-7-9-11-13-15-17-19-21-23-25-27-29-30-32-34-36-38-40-42-44-46-48-53(61)68-50-52(51-69-60-57(65)55(63)56(64)58(71-60)59(66)67)70-54(62)49-47-45-43-41-39-37-35-33-31-28-26-24-22-20-18-16-14-12-10-8-6-4-2/h52,55-58,60,63-65H,3-51H2,1-2H3,(H,66,67). The Morgan fingerprint density at radius 1 is 0.380 bits per heavy atom. The van der Waals surface area contributed by atoms with Crippen molar-refractivity contribution in [2.75, 3.05) is 13.2 Å². The van der Waals surface area contributed by atoms with Gasteiger partial charge in [0.2, 0.25) is 0 Å². The van der Waals surface area contributed by atoms with Crippen molar-refractivity contribution in [1.82, 2.24) is 0 Å². The van der Waals surface area contributed by atoms with E-state index in [2.05, 4.69) is 13.8 Å². The van der Waals surface area contributed by atoms with Gasteiger partial charge in [0.15, 0.2) is 18.5 Å². The molecule has 6 atom stereocenters. The Morgan fingerprint density at radius 3 is 0.958 bits per heavy atom. The van der Waals surface area contributed by atoms with Gasteiger partial charge in [-0.1, -0.05) is 290 Å². The summed E-state index contributed by atoms with van der Waals surface area (Å²) in [5, 5.41) is 40.1. The molecule has 1 aliphatic rings. The van der Waals surface area contributed by atoms with E-state index in [9.17, 15) is 34.8 Å². The van der Waals surface area contributed by atoms with E-state index in [1.54, 1.807) is 0 Å². The summed E-state index contributed by atoms with van der Waals surface area (Å²) in [5.74, 6) is -2.41. The lowest BCUT2D eigenvalue weighted by atomic mass is 9.99. The van der Waals surface area contributed by atoms with Crippen LogP contribution in [0.2, 0.25) is 0 Å². The third kappa shape index (κ3) is 41.2. The Hall–Kier alpha value is -1.79. The van der Waals surface area contributed by atoms with Gasteiger partial charge in [-0.15, -0.1) is 0 Å². The number of aliphatic carboxylic acids is 1. The van der Waals surface area contributed by atoms with Crippen molar-refractivity contribution in [1.29, 1.82) is 0 Å². The minimum absolute atomic E-state index is 0.192. The number of rotatable bonds is 54. The van der Waals surface area contributed by atoms with Crippen molar-refractivity contribution in [2.24, 2.45) is 0 Å². The van der Waals surface area contributed by atoms with E-state index >= 15 is 0 Å². The van der Waals surface area contributed by atoms with Gasteiger partial charge in [-0.3, -0.25) is 9.59 Å². The molecule has 0 aromatic rings. The van der Waals surface area contributed by atoms with Crippen LogP contribution in [0.25, 0.3) is 0 Å². The van der Waals surface area contributed by atoms with Gasteiger partial charge in [-0.25, -0.2) is 4.79 Å². The molecule has 0 bridgehead atoms. The lowest BCUT2D eigenvalue weighted by molar-refractivity contribution is -0.298. The van der Waals surface area contributed by atoms with Crippen LogP contribution in [0.5, 0.6) is 0 Å². The van der Waals surface area contributed by atoms with Gasteiger partial charge in [-0.2, -0.15) is 0 Å². The second-order valence-electron chi connectivity index (χ2n) is 21.6. The molecule has 71 heavy (non-hydrogen) atoms. The van der Waals surface area contributed by atoms with Crippen LogP contribution in [0.4, 0.5) is 0 Å². The average Bonchev–Trinajstić information content (AvgIpc) is 3.36. The highest BCUT2D eigenvalue weighted by atomic mass is 16.7. The first-order valence-electron chi connectivity index (χ1n) is 30.6. The number of carboxylic acids is 1. The predicted molar refractivity (Wildman–Crippen MR) is 289 cm³/mol. The first kappa shape index (κ1) is 67.2. The van der Waals surface area contributed by atoms with Crippen molar-refractivity contribution in [3.63, 3.8) is 0 Å². The van der Waals surface area contributed by atoms with Gasteiger partial charge in [0.05, 0.1) is 6.61 Å². The number of aliphatic hydroxyl groups is 3. The van der Waals surface area contributed by atoms with Crippen LogP contribution in [-0.2, 0) is 33.3 Å². The summed E-state index contributed by atoms with van der Waals surface area (Å²) in [6.07, 6.45) is 48.8. The summed E-state index contributed by atoms with van der Waals surface area (Å²) in [6.45, 7) is 3.90. The fourth-order valence-electron chi connectivity index (χ4n) is 9.94. The van der Waals surface area contributed by atoms with E-state index in [-0.39, 0.29) is 26.1 Å². The van der Waals surface area contributed by atoms with Crippen LogP contribution in [0, 0.1) is 0 Å². The number of esters is 2. The fourth-order valence-corrected chi connectivity index (χ4v) is 9.94. The number of carbonyl (C=O) groups excluding carboxylic acids is 2. The van der Waals surface area contributed by atoms with Crippen LogP contribution in [0.15, 0.2) is 0 Å². The fraction of sp³-hybridized carbons (Fsp3) is 0.950. The number of carboxylic acid groups (broad SMARTS) is 1. The number of ether oxygens (including phenoxy) is 4. The summed E-state index contributed by atoms with van der Waals surface area (Å²) in [6, 6.07) is 0. The van der Waals surface area contributed by atoms with E-state index < -0.39 is 54.7 Å². The van der Waals surface area contributed by atoms with Crippen molar-refractivity contribution < 1.29 is 53.8 Å². The number of carbonyl (C=O) groups is 3. The van der Waals surface area contributed by atoms with Gasteiger partial charge < -0.3 is 39.4 Å². The molecular formula is C60H114O11. The van der Waals surface area contributed by atoms with E-state index in [0.29, 0.717) is 12.8 Å². The molecule has 11 nitrogen and oxygen atoms in total. The molecule has 1 rings (SSSR count). The molecule has 1 fully saturated rings. The molecule has 0 aromatic carbocycles. The molecule has 0 saturated carbocycles. The smallest absolute Gasteiger partial charge is 0.335 e. The molecule has 0 amide bonds. The molecule has 11 heteroatoms. The highest BCUT2D eigenvalue weighted by Gasteiger charge is 2.47. The molecule has 0 spiro atoms. The Morgan fingerprint density at radius 2 is 0.662 bits per heavy atom. The van der Waals surface area contributed by atoms with Crippen molar-refractivity contribution >= 4 is 17.9 Å². The van der Waals surface area contributed by atoms with Crippen molar-refractivity contribution in [3.05, 3.63) is 0 Å². The Kier molecular flexibility index (Phi) is 47.7. The molecule has 0 radical (unpaired) electrons. The molecule has 1 heterocycles. The zero-order valence-corrected chi connectivity index (χ0v) is 46.3. The maximum Gasteiger partial charge on any atom is 0.335 e. The Balaban J connectivity index is 2.19. The van der Waals surface area contributed by atoms with E-state index in [0.717, 1.165) is 38.5 Å². The maximum atomic E-state index is 12.9. The lowest BCUT2D eigenvalue weighted by Gasteiger charge is -2.38. The number of aliphatic hydroxyl groups excluding tert-OH is 3. The van der Waals surface area contributed by atoms with Gasteiger partial charge in [0.25, 0.3) is 0 Å². The third-order valence-electron chi connectivity index (χ3n) is 14.7. The lowest BCUT2D eigenvalue weighted by Crippen LogP contribution is -2.60. The minimum Gasteiger partial charge on any atom is -0.479 e. The zero-order valence-electron chi connectivity index (χ0n) is 46.3. The summed E-state index contributed by atoms with van der Waals surface area (Å²) in [4.78, 5) is 37.2. The Labute approximate surface area is 435 Å². The topological polar surface area (TPSA) is 169 Å². The van der Waals surface area contributed by atoms with Crippen LogP contribution in [0.1, 0.15) is 316 Å². The van der Waals surface area contributed by atoms with E-state index in [4.69, 9.17) is 18.9 Å². The van der Waals surface area contributed by atoms with E-state index in [1.807, 2.05) is 0 Å². The molecule has 0 aromatic heterocycles. The number of hydrogen-bond donors (Lipinski definition) is 4. The monoisotopic (exact) mass is 1010 g/mol. The summed E-state index contributed by atoms with van der Waals surface area (Å²) in [7, 11) is 0. The molecule has 1 saturated heterocycles. The molecule has 1 aliphatic heterocycles. The molecule has 0 aliphatic carbocycles. The molecule has 4 N–H and O–H groups in total. The van der Waals surface area contributed by atoms with Crippen LogP contribution in [-0.4, -0.2) is 88.4 Å². The largest absolute Gasteiger partial charge is 0.479 e. The van der Waals surface area contributed by atoms with Gasteiger partial charge in [0, 0.05) is 12.8 Å². The van der Waals surface area contributed by atoms with Crippen LogP contribution >= 0.6 is 0 Å². The highest BCUT2D eigenvalue weighted by molar-refractivity contribution is 5.73. The van der Waals surface area contributed by atoms with Crippen LogP contribution in [0.3, 0.4) is 0 Å².